The van der Waals surface area contributed by atoms with Crippen LogP contribution >= 0.6 is 0 Å². The molecule has 20 heavy (non-hydrogen) atoms. The van der Waals surface area contributed by atoms with Crippen LogP contribution in [0, 0.1) is 0 Å². The molecule has 1 aliphatic carbocycles. The quantitative estimate of drug-likeness (QED) is 0.831. The summed E-state index contributed by atoms with van der Waals surface area (Å²) in [5.41, 5.74) is 1.07. The molecule has 0 heterocycles. The lowest BCUT2D eigenvalue weighted by Crippen LogP contribution is -2.49. The molecule has 1 aliphatic rings. The van der Waals surface area contributed by atoms with E-state index >= 15 is 0 Å². The molecule has 1 N–H and O–H groups in total. The smallest absolute Gasteiger partial charge is 0.136 e. The molecule has 0 aromatic heterocycles. The highest BCUT2D eigenvalue weighted by Gasteiger charge is 2.30. The van der Waals surface area contributed by atoms with E-state index in [4.69, 9.17) is 4.74 Å². The third-order valence-corrected chi connectivity index (χ3v) is 3.69. The molecule has 0 saturated heterocycles. The summed E-state index contributed by atoms with van der Waals surface area (Å²) < 4.78 is 5.92. The Bertz CT molecular complexity index is 433. The molecule has 0 bridgehead atoms. The molecule has 110 valence electrons. The van der Waals surface area contributed by atoms with Gasteiger partial charge in [-0.3, -0.25) is 4.79 Å². The van der Waals surface area contributed by atoms with Gasteiger partial charge in [0.15, 0.2) is 0 Å². The van der Waals surface area contributed by atoms with Crippen LogP contribution in [0.3, 0.4) is 0 Å². The van der Waals surface area contributed by atoms with E-state index in [1.165, 1.54) is 0 Å². The summed E-state index contributed by atoms with van der Waals surface area (Å²) in [5, 5.41) is 3.51. The van der Waals surface area contributed by atoms with Crippen LogP contribution in [0.25, 0.3) is 0 Å². The third kappa shape index (κ3) is 4.34. The summed E-state index contributed by atoms with van der Waals surface area (Å²) >= 11 is 0. The second kappa shape index (κ2) is 6.89. The highest BCUT2D eigenvalue weighted by atomic mass is 16.5. The van der Waals surface area contributed by atoms with Crippen LogP contribution in [-0.4, -0.2) is 24.0 Å². The van der Waals surface area contributed by atoms with Gasteiger partial charge < -0.3 is 10.1 Å². The van der Waals surface area contributed by atoms with Gasteiger partial charge in [-0.25, -0.2) is 0 Å². The molecule has 1 aromatic carbocycles. The maximum Gasteiger partial charge on any atom is 0.136 e. The molecule has 0 atom stereocenters. The van der Waals surface area contributed by atoms with E-state index < -0.39 is 0 Å². The van der Waals surface area contributed by atoms with Crippen molar-refractivity contribution in [2.75, 3.05) is 0 Å². The summed E-state index contributed by atoms with van der Waals surface area (Å²) in [7, 11) is 0. The third-order valence-electron chi connectivity index (χ3n) is 3.69. The maximum absolute atomic E-state index is 11.4. The number of benzene rings is 1. The van der Waals surface area contributed by atoms with Crippen molar-refractivity contribution in [2.45, 2.75) is 64.6 Å². The van der Waals surface area contributed by atoms with Gasteiger partial charge in [0.25, 0.3) is 0 Å². The molecule has 1 fully saturated rings. The molecule has 0 spiro atoms. The van der Waals surface area contributed by atoms with E-state index in [9.17, 15) is 4.79 Å². The number of Topliss-reactive ketones (excluding diaryl/α,β-unsaturated/α-hetero) is 1. The summed E-state index contributed by atoms with van der Waals surface area (Å²) in [6.07, 6.45) is 3.61. The number of hydrogen-bond donors (Lipinski definition) is 1. The maximum atomic E-state index is 11.4. The Morgan fingerprint density at radius 1 is 1.30 bits per heavy atom. The van der Waals surface area contributed by atoms with Crippen LogP contribution in [0.15, 0.2) is 24.3 Å². The van der Waals surface area contributed by atoms with Crippen molar-refractivity contribution in [3.05, 3.63) is 29.8 Å². The van der Waals surface area contributed by atoms with Gasteiger partial charge in [0.2, 0.25) is 0 Å². The molecule has 0 unspecified atom stereocenters. The summed E-state index contributed by atoms with van der Waals surface area (Å²) in [6.45, 7) is 6.24. The molecule has 0 amide bonds. The van der Waals surface area contributed by atoms with Gasteiger partial charge in [-0.15, -0.1) is 0 Å². The predicted molar refractivity (Wildman–Crippen MR) is 81.2 cm³/mol. The Morgan fingerprint density at radius 3 is 2.50 bits per heavy atom. The van der Waals surface area contributed by atoms with Gasteiger partial charge in [-0.2, -0.15) is 0 Å². The van der Waals surface area contributed by atoms with E-state index in [1.807, 2.05) is 31.2 Å². The number of ether oxygens (including phenoxy) is 1. The Hall–Kier alpha value is -1.35. The van der Waals surface area contributed by atoms with Gasteiger partial charge in [0, 0.05) is 24.9 Å². The van der Waals surface area contributed by atoms with Crippen LogP contribution in [0.1, 0.15) is 45.6 Å². The Balaban J connectivity index is 1.76. The number of nitrogens with one attached hydrogen (secondary N) is 1. The van der Waals surface area contributed by atoms with Gasteiger partial charge in [-0.1, -0.05) is 32.9 Å². The fourth-order valence-corrected chi connectivity index (χ4v) is 2.50. The standard InChI is InChI=1S/C17H25NO2/c1-4-15(19)9-13-5-7-16(8-6-13)20-17-10-14(11-17)18-12(2)3/h5-8,12,14,17-18H,4,9-11H2,1-3H3/t14-,17+. The van der Waals surface area contributed by atoms with E-state index in [0.717, 1.165) is 24.2 Å². The van der Waals surface area contributed by atoms with Crippen LogP contribution in [0.5, 0.6) is 5.75 Å². The second-order valence-corrected chi connectivity index (χ2v) is 5.94. The number of carbonyl (C=O) groups is 1. The first kappa shape index (κ1) is 15.0. The minimum atomic E-state index is 0.278. The van der Waals surface area contributed by atoms with Crippen molar-refractivity contribution in [1.82, 2.24) is 5.32 Å². The summed E-state index contributed by atoms with van der Waals surface area (Å²) in [6, 6.07) is 9.07. The number of rotatable bonds is 7. The first-order valence-corrected chi connectivity index (χ1v) is 7.60. The summed E-state index contributed by atoms with van der Waals surface area (Å²) in [4.78, 5) is 11.4. The zero-order valence-electron chi connectivity index (χ0n) is 12.7. The normalized spacial score (nSPS) is 21.6. The summed E-state index contributed by atoms with van der Waals surface area (Å²) in [5.74, 6) is 1.19. The van der Waals surface area contributed by atoms with Crippen molar-refractivity contribution in [3.8, 4) is 5.75 Å². The van der Waals surface area contributed by atoms with Crippen LogP contribution in [-0.2, 0) is 11.2 Å². The molecule has 1 saturated carbocycles. The van der Waals surface area contributed by atoms with Crippen LogP contribution < -0.4 is 10.1 Å². The van der Waals surface area contributed by atoms with Crippen molar-refractivity contribution in [2.24, 2.45) is 0 Å². The zero-order valence-corrected chi connectivity index (χ0v) is 12.7. The molecular formula is C17H25NO2. The minimum absolute atomic E-state index is 0.278. The molecule has 0 aliphatic heterocycles. The SMILES string of the molecule is CCC(=O)Cc1ccc(O[C@H]2C[C@@H](NC(C)C)C2)cc1. The van der Waals surface area contributed by atoms with E-state index in [2.05, 4.69) is 19.2 Å². The van der Waals surface area contributed by atoms with Gasteiger partial charge >= 0.3 is 0 Å². The molecule has 1 aromatic rings. The van der Waals surface area contributed by atoms with Crippen molar-refractivity contribution >= 4 is 5.78 Å². The number of ketones is 1. The first-order chi connectivity index (χ1) is 9.56. The van der Waals surface area contributed by atoms with Gasteiger partial charge in [-0.05, 0) is 30.5 Å². The Kier molecular flexibility index (Phi) is 5.18. The Labute approximate surface area is 121 Å². The molecule has 2 rings (SSSR count). The highest BCUT2D eigenvalue weighted by Crippen LogP contribution is 2.26. The largest absolute Gasteiger partial charge is 0.490 e. The average Bonchev–Trinajstić information content (AvgIpc) is 2.37. The average molecular weight is 275 g/mol. The zero-order chi connectivity index (χ0) is 14.5. The van der Waals surface area contributed by atoms with Gasteiger partial charge in [0.1, 0.15) is 17.6 Å². The number of carbonyl (C=O) groups excluding carboxylic acids is 1. The highest BCUT2D eigenvalue weighted by molar-refractivity contribution is 5.80. The number of hydrogen-bond acceptors (Lipinski definition) is 3. The first-order valence-electron chi connectivity index (χ1n) is 7.60. The topological polar surface area (TPSA) is 38.3 Å². The molecule has 3 nitrogen and oxygen atoms in total. The lowest BCUT2D eigenvalue weighted by molar-refractivity contribution is -0.118. The Morgan fingerprint density at radius 2 is 1.95 bits per heavy atom. The predicted octanol–water partition coefficient (Wildman–Crippen LogP) is 3.12. The lowest BCUT2D eigenvalue weighted by Gasteiger charge is -2.37. The van der Waals surface area contributed by atoms with Crippen molar-refractivity contribution < 1.29 is 9.53 Å². The fourth-order valence-electron chi connectivity index (χ4n) is 2.50. The second-order valence-electron chi connectivity index (χ2n) is 5.94. The molecule has 0 radical (unpaired) electrons. The van der Waals surface area contributed by atoms with Crippen molar-refractivity contribution in [1.29, 1.82) is 0 Å². The van der Waals surface area contributed by atoms with Crippen LogP contribution in [0.4, 0.5) is 0 Å². The van der Waals surface area contributed by atoms with E-state index in [1.54, 1.807) is 0 Å². The van der Waals surface area contributed by atoms with Gasteiger partial charge in [0.05, 0.1) is 0 Å². The molecule has 3 heteroatoms. The van der Waals surface area contributed by atoms with E-state index in [0.29, 0.717) is 31.0 Å². The fraction of sp³-hybridized carbons (Fsp3) is 0.588. The van der Waals surface area contributed by atoms with E-state index in [-0.39, 0.29) is 5.78 Å². The lowest BCUT2D eigenvalue weighted by atomic mass is 9.88. The van der Waals surface area contributed by atoms with Crippen molar-refractivity contribution in [3.63, 3.8) is 0 Å². The minimum Gasteiger partial charge on any atom is -0.490 e. The van der Waals surface area contributed by atoms with Crippen LogP contribution in [0.2, 0.25) is 0 Å². The molecular weight excluding hydrogens is 250 g/mol. The monoisotopic (exact) mass is 275 g/mol.